The molecule has 0 aliphatic heterocycles. The molecule has 0 saturated heterocycles. The van der Waals surface area contributed by atoms with Gasteiger partial charge in [0.15, 0.2) is 22.7 Å². The van der Waals surface area contributed by atoms with Crippen LogP contribution in [0.5, 0.6) is 0 Å². The molecular formula is C7H11ClN6. The number of aromatic nitrogens is 2. The summed E-state index contributed by atoms with van der Waals surface area (Å²) >= 11 is 5.80. The van der Waals surface area contributed by atoms with Gasteiger partial charge in [-0.2, -0.15) is 4.99 Å². The zero-order valence-corrected chi connectivity index (χ0v) is 8.65. The van der Waals surface area contributed by atoms with Gasteiger partial charge in [0, 0.05) is 14.1 Å². The molecule has 6 nitrogen and oxygen atoms in total. The SMILES string of the molecule is CN(C)c1nc(N=C(N)N)cnc1Cl. The van der Waals surface area contributed by atoms with Crippen LogP contribution < -0.4 is 16.4 Å². The van der Waals surface area contributed by atoms with E-state index in [9.17, 15) is 0 Å². The predicted octanol–water partition coefficient (Wildman–Crippen LogP) is 0.101. The Balaban J connectivity index is 3.13. The summed E-state index contributed by atoms with van der Waals surface area (Å²) in [6.07, 6.45) is 1.40. The smallest absolute Gasteiger partial charge is 0.192 e. The van der Waals surface area contributed by atoms with Crippen molar-refractivity contribution in [3.8, 4) is 0 Å². The second-order valence-electron chi connectivity index (χ2n) is 2.77. The standard InChI is InChI=1S/C7H11ClN6/c1-14(2)6-5(8)11-3-4(12-6)13-7(9)10/h3H,1-2H3,(H4,9,10,12,13). The lowest BCUT2D eigenvalue weighted by atomic mass is 10.6. The van der Waals surface area contributed by atoms with Gasteiger partial charge in [-0.25, -0.2) is 9.97 Å². The molecule has 1 heterocycles. The lowest BCUT2D eigenvalue weighted by Crippen LogP contribution is -2.22. The number of guanidine groups is 1. The lowest BCUT2D eigenvalue weighted by Gasteiger charge is -2.11. The van der Waals surface area contributed by atoms with E-state index in [1.165, 1.54) is 6.20 Å². The van der Waals surface area contributed by atoms with Crippen molar-refractivity contribution in [2.24, 2.45) is 16.5 Å². The van der Waals surface area contributed by atoms with E-state index in [0.29, 0.717) is 16.8 Å². The molecule has 0 unspecified atom stereocenters. The molecule has 0 amide bonds. The summed E-state index contributed by atoms with van der Waals surface area (Å²) in [5, 5.41) is 0.310. The highest BCUT2D eigenvalue weighted by Crippen LogP contribution is 2.21. The molecular weight excluding hydrogens is 204 g/mol. The summed E-state index contributed by atoms with van der Waals surface area (Å²) in [5.41, 5.74) is 10.4. The average Bonchev–Trinajstić information content (AvgIpc) is 2.07. The second kappa shape index (κ2) is 4.10. The second-order valence-corrected chi connectivity index (χ2v) is 3.13. The average molecular weight is 215 g/mol. The predicted molar refractivity (Wildman–Crippen MR) is 56.8 cm³/mol. The maximum atomic E-state index is 5.80. The van der Waals surface area contributed by atoms with Gasteiger partial charge < -0.3 is 16.4 Å². The van der Waals surface area contributed by atoms with Crippen LogP contribution in [0.25, 0.3) is 0 Å². The van der Waals surface area contributed by atoms with Crippen molar-refractivity contribution < 1.29 is 0 Å². The number of aliphatic imine (C=N–C) groups is 1. The Kier molecular flexibility index (Phi) is 3.08. The Labute approximate surface area is 86.6 Å². The van der Waals surface area contributed by atoms with Crippen molar-refractivity contribution in [1.29, 1.82) is 0 Å². The summed E-state index contributed by atoms with van der Waals surface area (Å²) in [6.45, 7) is 0. The van der Waals surface area contributed by atoms with Crippen LogP contribution in [0, 0.1) is 0 Å². The number of halogens is 1. The van der Waals surface area contributed by atoms with E-state index < -0.39 is 0 Å². The molecule has 4 N–H and O–H groups in total. The van der Waals surface area contributed by atoms with Gasteiger partial charge in [0.1, 0.15) is 0 Å². The Bertz CT molecular complexity index is 357. The molecule has 14 heavy (non-hydrogen) atoms. The van der Waals surface area contributed by atoms with E-state index in [1.54, 1.807) is 19.0 Å². The van der Waals surface area contributed by atoms with E-state index in [1.807, 2.05) is 0 Å². The van der Waals surface area contributed by atoms with Crippen molar-refractivity contribution in [1.82, 2.24) is 9.97 Å². The van der Waals surface area contributed by atoms with Crippen LogP contribution in [0.1, 0.15) is 0 Å². The Morgan fingerprint density at radius 2 is 2.14 bits per heavy atom. The van der Waals surface area contributed by atoms with Gasteiger partial charge in [0.05, 0.1) is 6.20 Å². The quantitative estimate of drug-likeness (QED) is 0.538. The number of hydrogen-bond donors (Lipinski definition) is 2. The van der Waals surface area contributed by atoms with Gasteiger partial charge in [0.2, 0.25) is 0 Å². The molecule has 0 bridgehead atoms. The van der Waals surface area contributed by atoms with E-state index in [4.69, 9.17) is 23.1 Å². The molecule has 0 radical (unpaired) electrons. The summed E-state index contributed by atoms with van der Waals surface area (Å²) < 4.78 is 0. The van der Waals surface area contributed by atoms with Crippen LogP contribution in [0.3, 0.4) is 0 Å². The van der Waals surface area contributed by atoms with Crippen LogP contribution in [0.2, 0.25) is 5.15 Å². The van der Waals surface area contributed by atoms with Gasteiger partial charge in [-0.05, 0) is 0 Å². The third kappa shape index (κ3) is 2.46. The minimum Gasteiger partial charge on any atom is -0.370 e. The summed E-state index contributed by atoms with van der Waals surface area (Å²) in [5.74, 6) is 0.790. The molecule has 0 atom stereocenters. The molecule has 0 spiro atoms. The first-order valence-electron chi connectivity index (χ1n) is 3.80. The third-order valence-corrected chi connectivity index (χ3v) is 1.63. The first-order chi connectivity index (χ1) is 6.50. The Morgan fingerprint density at radius 3 is 2.64 bits per heavy atom. The fourth-order valence-electron chi connectivity index (χ4n) is 0.826. The number of anilines is 1. The largest absolute Gasteiger partial charge is 0.370 e. The fourth-order valence-corrected chi connectivity index (χ4v) is 1.09. The molecule has 0 fully saturated rings. The Hall–Kier alpha value is -1.56. The summed E-state index contributed by atoms with van der Waals surface area (Å²) in [7, 11) is 3.60. The monoisotopic (exact) mass is 214 g/mol. The maximum Gasteiger partial charge on any atom is 0.192 e. The normalized spacial score (nSPS) is 9.64. The Morgan fingerprint density at radius 1 is 1.50 bits per heavy atom. The molecule has 0 aliphatic carbocycles. The third-order valence-electron chi connectivity index (χ3n) is 1.37. The van der Waals surface area contributed by atoms with Crippen LogP contribution >= 0.6 is 11.6 Å². The number of hydrogen-bond acceptors (Lipinski definition) is 4. The first kappa shape index (κ1) is 10.5. The molecule has 76 valence electrons. The van der Waals surface area contributed by atoms with Crippen LogP contribution in [0.4, 0.5) is 11.6 Å². The zero-order valence-electron chi connectivity index (χ0n) is 7.90. The van der Waals surface area contributed by atoms with Gasteiger partial charge >= 0.3 is 0 Å². The molecule has 0 aliphatic rings. The molecule has 1 rings (SSSR count). The van der Waals surface area contributed by atoms with Crippen LogP contribution in [-0.2, 0) is 0 Å². The number of rotatable bonds is 2. The molecule has 7 heteroatoms. The number of nitrogens with two attached hydrogens (primary N) is 2. The zero-order chi connectivity index (χ0) is 10.7. The van der Waals surface area contributed by atoms with Gasteiger partial charge in [-0.1, -0.05) is 11.6 Å². The van der Waals surface area contributed by atoms with Crippen molar-refractivity contribution in [2.45, 2.75) is 0 Å². The van der Waals surface area contributed by atoms with E-state index in [0.717, 1.165) is 0 Å². The van der Waals surface area contributed by atoms with E-state index in [2.05, 4.69) is 15.0 Å². The van der Waals surface area contributed by atoms with Gasteiger partial charge in [-0.3, -0.25) is 0 Å². The minimum absolute atomic E-state index is 0.0636. The summed E-state index contributed by atoms with van der Waals surface area (Å²) in [6, 6.07) is 0. The van der Waals surface area contributed by atoms with Crippen LogP contribution in [0.15, 0.2) is 11.2 Å². The van der Waals surface area contributed by atoms with Crippen molar-refractivity contribution in [3.63, 3.8) is 0 Å². The molecule has 0 aromatic carbocycles. The van der Waals surface area contributed by atoms with Gasteiger partial charge in [-0.15, -0.1) is 0 Å². The van der Waals surface area contributed by atoms with Crippen molar-refractivity contribution in [2.75, 3.05) is 19.0 Å². The summed E-state index contributed by atoms with van der Waals surface area (Å²) in [4.78, 5) is 13.5. The maximum absolute atomic E-state index is 5.80. The minimum atomic E-state index is -0.0636. The lowest BCUT2D eigenvalue weighted by molar-refractivity contribution is 1.04. The molecule has 0 saturated carbocycles. The first-order valence-corrected chi connectivity index (χ1v) is 4.18. The number of nitrogens with zero attached hydrogens (tertiary/aromatic N) is 4. The molecule has 1 aromatic rings. The van der Waals surface area contributed by atoms with Gasteiger partial charge in [0.25, 0.3) is 0 Å². The van der Waals surface area contributed by atoms with Crippen molar-refractivity contribution in [3.05, 3.63) is 11.3 Å². The van der Waals surface area contributed by atoms with E-state index in [-0.39, 0.29) is 5.96 Å². The van der Waals surface area contributed by atoms with E-state index >= 15 is 0 Å². The van der Waals surface area contributed by atoms with Crippen molar-refractivity contribution >= 4 is 29.2 Å². The fraction of sp³-hybridized carbons (Fsp3) is 0.286. The highest BCUT2D eigenvalue weighted by Gasteiger charge is 2.06. The highest BCUT2D eigenvalue weighted by molar-refractivity contribution is 6.31. The highest BCUT2D eigenvalue weighted by atomic mass is 35.5. The molecule has 1 aromatic heterocycles. The topological polar surface area (TPSA) is 93.4 Å². The van der Waals surface area contributed by atoms with Crippen LogP contribution in [-0.4, -0.2) is 30.0 Å².